The Morgan fingerprint density at radius 3 is 2.49 bits per heavy atom. The zero-order valence-electron chi connectivity index (χ0n) is 21.3. The number of hydrogen-bond donors (Lipinski definition) is 2. The Bertz CT molecular complexity index is 1620. The molecule has 1 amide bonds. The van der Waals surface area contributed by atoms with E-state index in [1.807, 2.05) is 13.1 Å². The number of hydrogen-bond acceptors (Lipinski definition) is 7. The van der Waals surface area contributed by atoms with Gasteiger partial charge in [-0.25, -0.2) is 22.6 Å². The van der Waals surface area contributed by atoms with Crippen molar-refractivity contribution in [2.24, 2.45) is 0 Å². The fourth-order valence-corrected chi connectivity index (χ4v) is 5.94. The highest BCUT2D eigenvalue weighted by Gasteiger charge is 2.24. The Morgan fingerprint density at radius 1 is 1.00 bits per heavy atom. The SMILES string of the molecule is CN1CCN(c2c(NCCF)cccc2C(=O)Nn2ncc3cc(S(=O)(=O)c4cccc(F)c4)ccc32)CC1. The van der Waals surface area contributed by atoms with E-state index in [4.69, 9.17) is 0 Å². The molecule has 39 heavy (non-hydrogen) atoms. The van der Waals surface area contributed by atoms with E-state index in [2.05, 4.69) is 25.6 Å². The number of piperazine rings is 1. The highest BCUT2D eigenvalue weighted by Crippen LogP contribution is 2.32. The number of sulfone groups is 1. The van der Waals surface area contributed by atoms with Crippen molar-refractivity contribution >= 4 is 38.0 Å². The van der Waals surface area contributed by atoms with Crippen LogP contribution in [0.1, 0.15) is 10.4 Å². The number of nitrogens with zero attached hydrogens (tertiary/aromatic N) is 4. The standard InChI is InChI=1S/C27H28F2N6O3S/c1-33-12-14-34(15-13-33)26-23(6-3-7-24(26)30-11-10-28)27(36)32-35-25-9-8-22(16-19(25)18-31-35)39(37,38)21-5-2-4-20(29)17-21/h2-9,16-18,30H,10-15H2,1H3,(H,32,36). The lowest BCUT2D eigenvalue weighted by Gasteiger charge is -2.36. The smallest absolute Gasteiger partial charge is 0.273 e. The summed E-state index contributed by atoms with van der Waals surface area (Å²) in [7, 11) is -1.91. The zero-order chi connectivity index (χ0) is 27.6. The molecule has 0 unspecified atom stereocenters. The summed E-state index contributed by atoms with van der Waals surface area (Å²) in [6.07, 6.45) is 1.45. The number of anilines is 2. The minimum Gasteiger partial charge on any atom is -0.381 e. The van der Waals surface area contributed by atoms with Gasteiger partial charge in [0.15, 0.2) is 0 Å². The van der Waals surface area contributed by atoms with Crippen molar-refractivity contribution < 1.29 is 22.0 Å². The number of alkyl halides is 1. The number of para-hydroxylation sites is 1. The monoisotopic (exact) mass is 554 g/mol. The van der Waals surface area contributed by atoms with Crippen molar-refractivity contribution in [3.05, 3.63) is 78.2 Å². The highest BCUT2D eigenvalue weighted by atomic mass is 32.2. The maximum absolute atomic E-state index is 13.6. The summed E-state index contributed by atoms with van der Waals surface area (Å²) in [5.74, 6) is -1.07. The van der Waals surface area contributed by atoms with Crippen LogP contribution in [0.15, 0.2) is 76.7 Å². The molecule has 0 aliphatic carbocycles. The number of likely N-dealkylation sites (N-methyl/N-ethyl adjacent to an activating group) is 1. The molecule has 0 spiro atoms. The Morgan fingerprint density at radius 2 is 1.74 bits per heavy atom. The molecule has 2 N–H and O–H groups in total. The second-order valence-electron chi connectivity index (χ2n) is 9.29. The average Bonchev–Trinajstić information content (AvgIpc) is 3.34. The first kappa shape index (κ1) is 26.6. The fraction of sp³-hybridized carbons (Fsp3) is 0.259. The number of carbonyl (C=O) groups excluding carboxylic acids is 1. The molecule has 1 aliphatic rings. The molecule has 1 aliphatic heterocycles. The fourth-order valence-electron chi connectivity index (χ4n) is 4.62. The van der Waals surface area contributed by atoms with Gasteiger partial charge in [0.05, 0.1) is 38.4 Å². The summed E-state index contributed by atoms with van der Waals surface area (Å²) in [4.78, 5) is 18.9. The van der Waals surface area contributed by atoms with Crippen LogP contribution in [0.5, 0.6) is 0 Å². The molecule has 9 nitrogen and oxygen atoms in total. The van der Waals surface area contributed by atoms with Gasteiger partial charge in [-0.2, -0.15) is 9.89 Å². The van der Waals surface area contributed by atoms with E-state index >= 15 is 0 Å². The van der Waals surface area contributed by atoms with Crippen LogP contribution in [0.3, 0.4) is 0 Å². The van der Waals surface area contributed by atoms with Gasteiger partial charge in [-0.1, -0.05) is 12.1 Å². The van der Waals surface area contributed by atoms with E-state index in [0.717, 1.165) is 19.2 Å². The molecule has 2 heterocycles. The summed E-state index contributed by atoms with van der Waals surface area (Å²) >= 11 is 0. The third-order valence-corrected chi connectivity index (χ3v) is 8.42. The van der Waals surface area contributed by atoms with Crippen molar-refractivity contribution in [2.75, 3.05) is 62.1 Å². The minimum absolute atomic E-state index is 0.0181. The predicted octanol–water partition coefficient (Wildman–Crippen LogP) is 3.53. The molecule has 12 heteroatoms. The van der Waals surface area contributed by atoms with Crippen LogP contribution in [0, 0.1) is 5.82 Å². The van der Waals surface area contributed by atoms with Crippen molar-refractivity contribution in [1.29, 1.82) is 0 Å². The largest absolute Gasteiger partial charge is 0.381 e. The first-order valence-corrected chi connectivity index (χ1v) is 13.9. The number of carbonyl (C=O) groups is 1. The summed E-state index contributed by atoms with van der Waals surface area (Å²) < 4.78 is 52.6. The lowest BCUT2D eigenvalue weighted by molar-refractivity contribution is 0.101. The Balaban J connectivity index is 1.45. The minimum atomic E-state index is -3.95. The predicted molar refractivity (Wildman–Crippen MR) is 146 cm³/mol. The van der Waals surface area contributed by atoms with Crippen LogP contribution < -0.4 is 15.6 Å². The quantitative estimate of drug-likeness (QED) is 0.344. The lowest BCUT2D eigenvalue weighted by Crippen LogP contribution is -2.45. The second-order valence-corrected chi connectivity index (χ2v) is 11.2. The molecule has 1 aromatic heterocycles. The number of aromatic nitrogens is 2. The molecule has 5 rings (SSSR count). The van der Waals surface area contributed by atoms with E-state index in [0.29, 0.717) is 40.9 Å². The molecule has 4 aromatic rings. The maximum atomic E-state index is 13.6. The molecule has 204 valence electrons. The van der Waals surface area contributed by atoms with Crippen LogP contribution in [0.2, 0.25) is 0 Å². The molecule has 0 radical (unpaired) electrons. The highest BCUT2D eigenvalue weighted by molar-refractivity contribution is 7.91. The molecule has 0 atom stereocenters. The van der Waals surface area contributed by atoms with Crippen molar-refractivity contribution in [2.45, 2.75) is 9.79 Å². The first-order chi connectivity index (χ1) is 18.8. The summed E-state index contributed by atoms with van der Waals surface area (Å²) in [6.45, 7) is 2.63. The van der Waals surface area contributed by atoms with Gasteiger partial charge in [-0.3, -0.25) is 4.79 Å². The second kappa shape index (κ2) is 11.0. The van der Waals surface area contributed by atoms with Gasteiger partial charge >= 0.3 is 0 Å². The summed E-state index contributed by atoms with van der Waals surface area (Å²) in [6, 6.07) is 14.5. The topological polar surface area (TPSA) is 99.6 Å². The number of halogens is 2. The number of amides is 1. The summed E-state index contributed by atoms with van der Waals surface area (Å²) in [5.41, 5.74) is 5.02. The molecule has 1 saturated heterocycles. The van der Waals surface area contributed by atoms with E-state index < -0.39 is 28.2 Å². The Labute approximate surface area is 224 Å². The normalized spacial score (nSPS) is 14.5. The van der Waals surface area contributed by atoms with Crippen LogP contribution in [-0.4, -0.2) is 75.6 Å². The van der Waals surface area contributed by atoms with Gasteiger partial charge in [0.2, 0.25) is 9.84 Å². The van der Waals surface area contributed by atoms with E-state index in [1.54, 1.807) is 12.1 Å². The van der Waals surface area contributed by atoms with E-state index in [1.165, 1.54) is 47.4 Å². The Kier molecular flexibility index (Phi) is 7.49. The number of rotatable bonds is 8. The third kappa shape index (κ3) is 5.43. The first-order valence-electron chi connectivity index (χ1n) is 12.4. The van der Waals surface area contributed by atoms with Crippen LogP contribution in [0.4, 0.5) is 20.2 Å². The average molecular weight is 555 g/mol. The van der Waals surface area contributed by atoms with Gasteiger partial charge < -0.3 is 15.1 Å². The molecule has 0 bridgehead atoms. The Hall–Kier alpha value is -4.03. The van der Waals surface area contributed by atoms with Gasteiger partial charge in [0.25, 0.3) is 5.91 Å². The van der Waals surface area contributed by atoms with Gasteiger partial charge in [0, 0.05) is 38.1 Å². The van der Waals surface area contributed by atoms with E-state index in [-0.39, 0.29) is 16.3 Å². The van der Waals surface area contributed by atoms with Gasteiger partial charge in [-0.05, 0) is 55.6 Å². The van der Waals surface area contributed by atoms with Gasteiger partial charge in [-0.15, -0.1) is 0 Å². The molecule has 3 aromatic carbocycles. The van der Waals surface area contributed by atoms with Crippen LogP contribution in [0.25, 0.3) is 10.9 Å². The van der Waals surface area contributed by atoms with Crippen LogP contribution in [-0.2, 0) is 9.84 Å². The van der Waals surface area contributed by atoms with Gasteiger partial charge in [0.1, 0.15) is 12.5 Å². The maximum Gasteiger partial charge on any atom is 0.273 e. The third-order valence-electron chi connectivity index (χ3n) is 6.67. The lowest BCUT2D eigenvalue weighted by atomic mass is 10.1. The number of fused-ring (bicyclic) bond motifs is 1. The molecule has 1 fully saturated rings. The van der Waals surface area contributed by atoms with Crippen LogP contribution >= 0.6 is 0 Å². The van der Waals surface area contributed by atoms with E-state index in [9.17, 15) is 22.0 Å². The summed E-state index contributed by atoms with van der Waals surface area (Å²) in [5, 5.41) is 7.80. The van der Waals surface area contributed by atoms with Crippen molar-refractivity contribution in [3.8, 4) is 0 Å². The molecule has 0 saturated carbocycles. The number of benzene rings is 3. The molecular formula is C27H28F2N6O3S. The van der Waals surface area contributed by atoms with Crippen molar-refractivity contribution in [1.82, 2.24) is 14.8 Å². The molecular weight excluding hydrogens is 526 g/mol. The number of nitrogens with one attached hydrogen (secondary N) is 2. The van der Waals surface area contributed by atoms with Crippen molar-refractivity contribution in [3.63, 3.8) is 0 Å². The zero-order valence-corrected chi connectivity index (χ0v) is 22.1.